The van der Waals surface area contributed by atoms with Gasteiger partial charge in [-0.1, -0.05) is 11.3 Å². The predicted octanol–water partition coefficient (Wildman–Crippen LogP) is 4.30. The number of rotatable bonds is 8. The number of sulfonamides is 1. The van der Waals surface area contributed by atoms with Gasteiger partial charge in [0.2, 0.25) is 5.13 Å². The number of hydrogen-bond donors (Lipinski definition) is 1. The van der Waals surface area contributed by atoms with Crippen LogP contribution in [0.1, 0.15) is 10.4 Å². The Morgan fingerprint density at radius 2 is 1.43 bits per heavy atom. The minimum Gasteiger partial charge on any atom is -0.497 e. The van der Waals surface area contributed by atoms with Crippen LogP contribution in [-0.4, -0.2) is 45.8 Å². The monoisotopic (exact) mass is 510 g/mol. The summed E-state index contributed by atoms with van der Waals surface area (Å²) in [5, 5.41) is 11.9. The number of benzene rings is 3. The third kappa shape index (κ3) is 5.26. The van der Waals surface area contributed by atoms with Gasteiger partial charge in [0.05, 0.1) is 24.8 Å². The van der Waals surface area contributed by atoms with Gasteiger partial charge in [0.1, 0.15) is 16.5 Å². The third-order valence-corrected chi connectivity index (χ3v) is 7.88. The molecule has 0 saturated carbocycles. The molecule has 0 saturated heterocycles. The largest absolute Gasteiger partial charge is 0.497 e. The van der Waals surface area contributed by atoms with Gasteiger partial charge in [-0.25, -0.2) is 8.42 Å². The lowest BCUT2D eigenvalue weighted by atomic mass is 10.2. The van der Waals surface area contributed by atoms with Crippen molar-refractivity contribution in [3.05, 3.63) is 78.4 Å². The van der Waals surface area contributed by atoms with Crippen LogP contribution in [0.2, 0.25) is 0 Å². The van der Waals surface area contributed by atoms with Crippen molar-refractivity contribution < 1.29 is 22.7 Å². The van der Waals surface area contributed by atoms with Gasteiger partial charge in [-0.3, -0.25) is 14.4 Å². The maximum atomic E-state index is 12.9. The van der Waals surface area contributed by atoms with Crippen LogP contribution < -0.4 is 19.1 Å². The summed E-state index contributed by atoms with van der Waals surface area (Å²) in [5.41, 5.74) is 1.62. The Morgan fingerprint density at radius 3 is 2.00 bits per heavy atom. The molecule has 4 aromatic rings. The summed E-state index contributed by atoms with van der Waals surface area (Å²) in [6, 6.07) is 19.7. The zero-order valence-corrected chi connectivity index (χ0v) is 20.8. The molecular weight excluding hydrogens is 488 g/mol. The topological polar surface area (TPSA) is 111 Å². The Labute approximate surface area is 207 Å². The number of amides is 1. The smallest absolute Gasteiger partial charge is 0.264 e. The lowest BCUT2D eigenvalue weighted by Crippen LogP contribution is -2.26. The number of methoxy groups -OCH3 is 2. The Balaban J connectivity index is 1.44. The van der Waals surface area contributed by atoms with Crippen LogP contribution >= 0.6 is 11.3 Å². The van der Waals surface area contributed by atoms with Gasteiger partial charge in [0.15, 0.2) is 0 Å². The molecular formula is C24H22N4O5S2. The fourth-order valence-electron chi connectivity index (χ4n) is 3.16. The second-order valence-corrected chi connectivity index (χ2v) is 10.2. The zero-order valence-electron chi connectivity index (χ0n) is 19.1. The summed E-state index contributed by atoms with van der Waals surface area (Å²) in [7, 11) is 0.788. The van der Waals surface area contributed by atoms with Gasteiger partial charge in [-0.2, -0.15) is 0 Å². The first-order valence-corrected chi connectivity index (χ1v) is 12.6. The summed E-state index contributed by atoms with van der Waals surface area (Å²) in [6.45, 7) is 0. The molecule has 0 spiro atoms. The second kappa shape index (κ2) is 10.1. The Morgan fingerprint density at radius 1 is 0.857 bits per heavy atom. The first-order chi connectivity index (χ1) is 16.8. The van der Waals surface area contributed by atoms with Gasteiger partial charge in [0, 0.05) is 18.2 Å². The molecule has 0 radical (unpaired) electrons. The number of aromatic nitrogens is 2. The average Bonchev–Trinajstić information content (AvgIpc) is 3.36. The predicted molar refractivity (Wildman–Crippen MR) is 135 cm³/mol. The SMILES string of the molecule is COc1ccc(-c2nnc(NC(=O)c3ccc(N(C)S(=O)(=O)c4ccc(OC)cc4)cc3)s2)cc1. The molecule has 0 aliphatic heterocycles. The molecule has 0 aliphatic carbocycles. The quantitative estimate of drug-likeness (QED) is 0.376. The van der Waals surface area contributed by atoms with Gasteiger partial charge < -0.3 is 9.47 Å². The Hall–Kier alpha value is -3.96. The molecule has 180 valence electrons. The van der Waals surface area contributed by atoms with Crippen LogP contribution in [0.3, 0.4) is 0 Å². The molecule has 1 heterocycles. The summed E-state index contributed by atoms with van der Waals surface area (Å²) in [4.78, 5) is 12.8. The highest BCUT2D eigenvalue weighted by Gasteiger charge is 2.22. The van der Waals surface area contributed by atoms with E-state index in [4.69, 9.17) is 9.47 Å². The molecule has 1 aromatic heterocycles. The van der Waals surface area contributed by atoms with E-state index in [2.05, 4.69) is 15.5 Å². The normalized spacial score (nSPS) is 11.1. The highest BCUT2D eigenvalue weighted by molar-refractivity contribution is 7.92. The molecule has 0 fully saturated rings. The van der Waals surface area contributed by atoms with E-state index < -0.39 is 10.0 Å². The first-order valence-electron chi connectivity index (χ1n) is 10.3. The van der Waals surface area contributed by atoms with Gasteiger partial charge in [-0.05, 0) is 72.8 Å². The molecule has 0 atom stereocenters. The second-order valence-electron chi connectivity index (χ2n) is 7.29. The summed E-state index contributed by atoms with van der Waals surface area (Å²) in [6.07, 6.45) is 0. The molecule has 11 heteroatoms. The van der Waals surface area contributed by atoms with Crippen molar-refractivity contribution in [3.63, 3.8) is 0 Å². The molecule has 0 aliphatic rings. The maximum absolute atomic E-state index is 12.9. The number of nitrogens with one attached hydrogen (secondary N) is 1. The third-order valence-electron chi connectivity index (χ3n) is 5.19. The standard InChI is InChI=1S/C24H22N4O5S2/c1-28(35(30,31)21-14-12-20(33-3)13-15-21)18-8-4-16(5-9-18)22(29)25-24-27-26-23(34-24)17-6-10-19(32-2)11-7-17/h4-15H,1-3H3,(H,25,27,29). The average molecular weight is 511 g/mol. The van der Waals surface area contributed by atoms with Gasteiger partial charge in [0.25, 0.3) is 15.9 Å². The number of anilines is 2. The summed E-state index contributed by atoms with van der Waals surface area (Å²) < 4.78 is 37.3. The van der Waals surface area contributed by atoms with E-state index in [9.17, 15) is 13.2 Å². The van der Waals surface area contributed by atoms with Crippen molar-refractivity contribution in [1.29, 1.82) is 0 Å². The van der Waals surface area contributed by atoms with Crippen LogP contribution in [0.25, 0.3) is 10.6 Å². The van der Waals surface area contributed by atoms with Crippen molar-refractivity contribution in [2.45, 2.75) is 4.90 Å². The van der Waals surface area contributed by atoms with Crippen LogP contribution in [0.15, 0.2) is 77.7 Å². The molecule has 1 amide bonds. The van der Waals surface area contributed by atoms with Crippen LogP contribution in [0, 0.1) is 0 Å². The lowest BCUT2D eigenvalue weighted by Gasteiger charge is -2.20. The maximum Gasteiger partial charge on any atom is 0.264 e. The molecule has 35 heavy (non-hydrogen) atoms. The lowest BCUT2D eigenvalue weighted by molar-refractivity contribution is 0.102. The summed E-state index contributed by atoms with van der Waals surface area (Å²) >= 11 is 1.24. The molecule has 4 rings (SSSR count). The zero-order chi connectivity index (χ0) is 25.0. The van der Waals surface area contributed by atoms with E-state index in [-0.39, 0.29) is 10.8 Å². The molecule has 9 nitrogen and oxygen atoms in total. The molecule has 0 bridgehead atoms. The Kier molecular flexibility index (Phi) is 6.99. The van der Waals surface area contributed by atoms with Crippen molar-refractivity contribution in [2.75, 3.05) is 30.9 Å². The molecule has 0 unspecified atom stereocenters. The highest BCUT2D eigenvalue weighted by Crippen LogP contribution is 2.28. The first kappa shape index (κ1) is 24.2. The van der Waals surface area contributed by atoms with E-state index in [0.29, 0.717) is 27.1 Å². The number of carbonyl (C=O) groups excluding carboxylic acids is 1. The van der Waals surface area contributed by atoms with E-state index in [0.717, 1.165) is 15.6 Å². The number of carbonyl (C=O) groups is 1. The van der Waals surface area contributed by atoms with Gasteiger partial charge >= 0.3 is 0 Å². The fourth-order valence-corrected chi connectivity index (χ4v) is 5.10. The summed E-state index contributed by atoms with van der Waals surface area (Å²) in [5.74, 6) is 0.917. The molecule has 3 aromatic carbocycles. The van der Waals surface area contributed by atoms with E-state index in [1.165, 1.54) is 37.6 Å². The number of hydrogen-bond acceptors (Lipinski definition) is 8. The highest BCUT2D eigenvalue weighted by atomic mass is 32.2. The number of nitrogens with zero attached hydrogens (tertiary/aromatic N) is 3. The van der Waals surface area contributed by atoms with Crippen LogP contribution in [0.5, 0.6) is 11.5 Å². The van der Waals surface area contributed by atoms with E-state index >= 15 is 0 Å². The van der Waals surface area contributed by atoms with E-state index in [1.54, 1.807) is 43.5 Å². The Bertz CT molecular complexity index is 1420. The molecule has 1 N–H and O–H groups in total. The van der Waals surface area contributed by atoms with Crippen molar-refractivity contribution in [2.24, 2.45) is 0 Å². The van der Waals surface area contributed by atoms with Crippen molar-refractivity contribution >= 4 is 38.1 Å². The minimum absolute atomic E-state index is 0.131. The van der Waals surface area contributed by atoms with Gasteiger partial charge in [-0.15, -0.1) is 10.2 Å². The minimum atomic E-state index is -3.77. The number of ether oxygens (including phenoxy) is 2. The van der Waals surface area contributed by atoms with Crippen LogP contribution in [0.4, 0.5) is 10.8 Å². The van der Waals surface area contributed by atoms with E-state index in [1.807, 2.05) is 24.3 Å². The van der Waals surface area contributed by atoms with Crippen molar-refractivity contribution in [3.8, 4) is 22.1 Å². The van der Waals surface area contributed by atoms with Crippen molar-refractivity contribution in [1.82, 2.24) is 10.2 Å². The van der Waals surface area contributed by atoms with Crippen LogP contribution in [-0.2, 0) is 10.0 Å². The fraction of sp³-hybridized carbons (Fsp3) is 0.125.